The van der Waals surface area contributed by atoms with Crippen molar-refractivity contribution in [3.8, 4) is 11.3 Å². The summed E-state index contributed by atoms with van der Waals surface area (Å²) in [4.78, 5) is 34.1. The fourth-order valence-electron chi connectivity index (χ4n) is 4.59. The summed E-state index contributed by atoms with van der Waals surface area (Å²) >= 11 is 4.87. The summed E-state index contributed by atoms with van der Waals surface area (Å²) in [6.45, 7) is 5.80. The van der Waals surface area contributed by atoms with E-state index in [9.17, 15) is 9.59 Å². The second kappa shape index (κ2) is 10.8. The van der Waals surface area contributed by atoms with E-state index < -0.39 is 12.0 Å². The molecule has 9 heteroatoms. The minimum atomic E-state index is -0.658. The van der Waals surface area contributed by atoms with Crippen LogP contribution in [0, 0.1) is 6.92 Å². The zero-order chi connectivity index (χ0) is 27.8. The minimum Gasteiger partial charge on any atom is -0.463 e. The second-order valence-electron chi connectivity index (χ2n) is 9.47. The third-order valence-electron chi connectivity index (χ3n) is 6.53. The Labute approximate surface area is 238 Å². The molecular formula is C30H28BrN3O4S. The molecule has 1 atom stereocenters. The normalized spacial score (nSPS) is 15.2. The molecule has 2 aromatic heterocycles. The molecule has 3 heterocycles. The van der Waals surface area contributed by atoms with Gasteiger partial charge in [-0.2, -0.15) is 0 Å². The SMILES string of the molecule is CCOC(=O)C1=C(C)N=c2s/c(=C\c3ccc(-c4ccc(C)cc4Br)o3)c(=O)n2[C@H]1c1ccc(N(C)C)cc1. The molecule has 5 rings (SSSR count). The molecular weight excluding hydrogens is 578 g/mol. The molecule has 200 valence electrons. The lowest BCUT2D eigenvalue weighted by Gasteiger charge is -2.25. The Morgan fingerprint density at radius 1 is 1.15 bits per heavy atom. The molecule has 0 amide bonds. The van der Waals surface area contributed by atoms with Crippen LogP contribution < -0.4 is 19.8 Å². The Morgan fingerprint density at radius 2 is 1.90 bits per heavy atom. The Morgan fingerprint density at radius 3 is 2.56 bits per heavy atom. The number of furan rings is 1. The van der Waals surface area contributed by atoms with E-state index in [1.807, 2.05) is 80.5 Å². The number of fused-ring (bicyclic) bond motifs is 1. The summed E-state index contributed by atoms with van der Waals surface area (Å²) in [5.74, 6) is 0.769. The van der Waals surface area contributed by atoms with Crippen LogP contribution in [0.15, 0.2) is 84.5 Å². The maximum Gasteiger partial charge on any atom is 0.338 e. The van der Waals surface area contributed by atoms with Gasteiger partial charge in [0.2, 0.25) is 0 Å². The fraction of sp³-hybridized carbons (Fsp3) is 0.233. The predicted octanol–water partition coefficient (Wildman–Crippen LogP) is 5.20. The van der Waals surface area contributed by atoms with Gasteiger partial charge >= 0.3 is 5.97 Å². The number of rotatable bonds is 6. The maximum absolute atomic E-state index is 13.8. The number of anilines is 1. The number of carbonyl (C=O) groups is 1. The van der Waals surface area contributed by atoms with Crippen molar-refractivity contribution in [3.05, 3.63) is 107 Å². The highest BCUT2D eigenvalue weighted by atomic mass is 79.9. The lowest BCUT2D eigenvalue weighted by molar-refractivity contribution is -0.139. The van der Waals surface area contributed by atoms with Gasteiger partial charge in [-0.05, 0) is 68.3 Å². The zero-order valence-corrected chi connectivity index (χ0v) is 24.7. The molecule has 4 aromatic rings. The highest BCUT2D eigenvalue weighted by Crippen LogP contribution is 2.32. The second-order valence-corrected chi connectivity index (χ2v) is 11.3. The molecule has 0 bridgehead atoms. The molecule has 39 heavy (non-hydrogen) atoms. The van der Waals surface area contributed by atoms with Gasteiger partial charge in [0.05, 0.1) is 28.5 Å². The molecule has 0 spiro atoms. The van der Waals surface area contributed by atoms with Gasteiger partial charge in [0.25, 0.3) is 5.56 Å². The lowest BCUT2D eigenvalue weighted by atomic mass is 9.95. The van der Waals surface area contributed by atoms with Crippen LogP contribution in [0.1, 0.15) is 36.8 Å². The number of thiazole rings is 1. The van der Waals surface area contributed by atoms with Gasteiger partial charge in [0.1, 0.15) is 11.5 Å². The Bertz CT molecular complexity index is 1780. The van der Waals surface area contributed by atoms with Crippen LogP contribution in [0.2, 0.25) is 0 Å². The van der Waals surface area contributed by atoms with E-state index in [4.69, 9.17) is 9.15 Å². The Kier molecular flexibility index (Phi) is 7.46. The number of aryl methyl sites for hydroxylation is 1. The summed E-state index contributed by atoms with van der Waals surface area (Å²) in [5.41, 5.74) is 4.53. The number of halogens is 1. The molecule has 0 aliphatic carbocycles. The first kappa shape index (κ1) is 26.9. The number of benzene rings is 2. The molecule has 2 aromatic carbocycles. The number of aromatic nitrogens is 1. The molecule has 1 aliphatic heterocycles. The van der Waals surface area contributed by atoms with Gasteiger partial charge in [-0.3, -0.25) is 9.36 Å². The van der Waals surface area contributed by atoms with E-state index in [-0.39, 0.29) is 12.2 Å². The van der Waals surface area contributed by atoms with Crippen LogP contribution in [0.3, 0.4) is 0 Å². The van der Waals surface area contributed by atoms with Crippen molar-refractivity contribution in [2.24, 2.45) is 4.99 Å². The van der Waals surface area contributed by atoms with Gasteiger partial charge in [-0.25, -0.2) is 9.79 Å². The number of hydrogen-bond acceptors (Lipinski definition) is 7. The highest BCUT2D eigenvalue weighted by molar-refractivity contribution is 9.10. The third-order valence-corrected chi connectivity index (χ3v) is 8.17. The number of allylic oxidation sites excluding steroid dienone is 1. The summed E-state index contributed by atoms with van der Waals surface area (Å²) in [5, 5.41) is 0. The first-order valence-electron chi connectivity index (χ1n) is 12.5. The van der Waals surface area contributed by atoms with Crippen molar-refractivity contribution in [1.82, 2.24) is 4.57 Å². The number of nitrogens with zero attached hydrogens (tertiary/aromatic N) is 3. The largest absolute Gasteiger partial charge is 0.463 e. The van der Waals surface area contributed by atoms with Crippen LogP contribution >= 0.6 is 27.3 Å². The first-order chi connectivity index (χ1) is 18.7. The monoisotopic (exact) mass is 605 g/mol. The standard InChI is InChI=1S/C30H28BrN3O4S/c1-6-37-29(36)26-18(3)32-30-34(27(26)19-8-10-20(11-9-19)33(4)5)28(35)25(39-30)16-21-12-14-24(38-21)22-13-7-17(2)15-23(22)31/h7-16,27H,6H2,1-5H3/b25-16-/t27-/m0/s1. The summed E-state index contributed by atoms with van der Waals surface area (Å²) in [7, 11) is 3.92. The topological polar surface area (TPSA) is 77.0 Å². The first-order valence-corrected chi connectivity index (χ1v) is 14.1. The summed E-state index contributed by atoms with van der Waals surface area (Å²) < 4.78 is 14.5. The van der Waals surface area contributed by atoms with Crippen molar-refractivity contribution < 1.29 is 13.9 Å². The van der Waals surface area contributed by atoms with Crippen molar-refractivity contribution >= 4 is 45.0 Å². The van der Waals surface area contributed by atoms with Gasteiger partial charge in [0, 0.05) is 35.9 Å². The molecule has 0 N–H and O–H groups in total. The van der Waals surface area contributed by atoms with Crippen molar-refractivity contribution in [2.75, 3.05) is 25.6 Å². The van der Waals surface area contributed by atoms with E-state index in [1.54, 1.807) is 24.5 Å². The molecule has 1 aliphatic rings. The smallest absolute Gasteiger partial charge is 0.338 e. The number of esters is 1. The molecule has 0 radical (unpaired) electrons. The number of carbonyl (C=O) groups excluding carboxylic acids is 1. The average molecular weight is 607 g/mol. The van der Waals surface area contributed by atoms with Crippen LogP contribution in [0.4, 0.5) is 5.69 Å². The van der Waals surface area contributed by atoms with Gasteiger partial charge in [-0.1, -0.05) is 45.5 Å². The molecule has 0 unspecified atom stereocenters. The van der Waals surface area contributed by atoms with E-state index in [0.29, 0.717) is 32.1 Å². The van der Waals surface area contributed by atoms with E-state index in [0.717, 1.165) is 26.9 Å². The van der Waals surface area contributed by atoms with Gasteiger partial charge in [0.15, 0.2) is 4.80 Å². The van der Waals surface area contributed by atoms with Crippen molar-refractivity contribution in [1.29, 1.82) is 0 Å². The number of hydrogen-bond donors (Lipinski definition) is 0. The van der Waals surface area contributed by atoms with E-state index in [1.165, 1.54) is 11.3 Å². The fourth-order valence-corrected chi connectivity index (χ4v) is 6.30. The van der Waals surface area contributed by atoms with Crippen LogP contribution in [0.5, 0.6) is 0 Å². The maximum atomic E-state index is 13.8. The molecule has 0 saturated carbocycles. The summed E-state index contributed by atoms with van der Waals surface area (Å²) in [6, 6.07) is 16.9. The highest BCUT2D eigenvalue weighted by Gasteiger charge is 2.33. The third kappa shape index (κ3) is 5.16. The minimum absolute atomic E-state index is 0.226. The molecule has 0 saturated heterocycles. The van der Waals surface area contributed by atoms with Crippen LogP contribution in [-0.2, 0) is 9.53 Å². The predicted molar refractivity (Wildman–Crippen MR) is 158 cm³/mol. The van der Waals surface area contributed by atoms with Gasteiger partial charge < -0.3 is 14.1 Å². The van der Waals surface area contributed by atoms with Crippen molar-refractivity contribution in [2.45, 2.75) is 26.8 Å². The van der Waals surface area contributed by atoms with Crippen LogP contribution in [0.25, 0.3) is 17.4 Å². The van der Waals surface area contributed by atoms with Gasteiger partial charge in [-0.15, -0.1) is 0 Å². The summed E-state index contributed by atoms with van der Waals surface area (Å²) in [6.07, 6.45) is 1.73. The van der Waals surface area contributed by atoms with Crippen LogP contribution in [-0.4, -0.2) is 31.2 Å². The van der Waals surface area contributed by atoms with Crippen molar-refractivity contribution in [3.63, 3.8) is 0 Å². The molecule has 0 fully saturated rings. The quantitative estimate of drug-likeness (QED) is 0.283. The lowest BCUT2D eigenvalue weighted by Crippen LogP contribution is -2.39. The average Bonchev–Trinajstić information content (AvgIpc) is 3.47. The van der Waals surface area contributed by atoms with E-state index in [2.05, 4.69) is 20.9 Å². The number of ether oxygens (including phenoxy) is 1. The Balaban J connectivity index is 1.63. The van der Waals surface area contributed by atoms with E-state index >= 15 is 0 Å². The zero-order valence-electron chi connectivity index (χ0n) is 22.3. The Hall–Kier alpha value is -3.69. The molecule has 7 nitrogen and oxygen atoms in total.